The molecule has 4 rings (SSSR count). The first-order valence-corrected chi connectivity index (χ1v) is 9.85. The van der Waals surface area contributed by atoms with Crippen LogP contribution in [0.1, 0.15) is 36.9 Å². The van der Waals surface area contributed by atoms with Crippen LogP contribution in [0.3, 0.4) is 0 Å². The number of H-pyrrole nitrogens is 1. The van der Waals surface area contributed by atoms with Crippen molar-refractivity contribution >= 4 is 22.8 Å². The van der Waals surface area contributed by atoms with Gasteiger partial charge in [0.05, 0.1) is 20.2 Å². The summed E-state index contributed by atoms with van der Waals surface area (Å²) in [7, 11) is 1.39. The van der Waals surface area contributed by atoms with E-state index in [-0.39, 0.29) is 11.9 Å². The first kappa shape index (κ1) is 18.0. The molecule has 27 heavy (non-hydrogen) atoms. The SMILES string of the molecule is COC(=O)[C@@H]1Cc2c([nH]c3ccccc23)CN1C(=O)CN1CCCCCC1. The number of para-hydroxylation sites is 1. The lowest BCUT2D eigenvalue weighted by Crippen LogP contribution is -2.52. The molecule has 1 aromatic carbocycles. The van der Waals surface area contributed by atoms with Crippen molar-refractivity contribution in [3.8, 4) is 0 Å². The number of ether oxygens (including phenoxy) is 1. The van der Waals surface area contributed by atoms with Crippen LogP contribution >= 0.6 is 0 Å². The number of esters is 1. The maximum absolute atomic E-state index is 13.1. The third-order valence-electron chi connectivity index (χ3n) is 5.86. The second kappa shape index (κ2) is 7.72. The van der Waals surface area contributed by atoms with Gasteiger partial charge in [0.15, 0.2) is 0 Å². The Morgan fingerprint density at radius 1 is 1.15 bits per heavy atom. The molecule has 144 valence electrons. The van der Waals surface area contributed by atoms with Crippen molar-refractivity contribution in [2.75, 3.05) is 26.7 Å². The van der Waals surface area contributed by atoms with Crippen LogP contribution in [0.25, 0.3) is 10.9 Å². The Kier molecular flexibility index (Phi) is 5.16. The first-order valence-electron chi connectivity index (χ1n) is 9.85. The van der Waals surface area contributed by atoms with Crippen LogP contribution in [0.5, 0.6) is 0 Å². The standard InChI is InChI=1S/C21H27N3O3/c1-27-21(26)19-12-16-15-8-4-5-9-17(15)22-18(16)13-24(19)20(25)14-23-10-6-2-3-7-11-23/h4-5,8-9,19,22H,2-3,6-7,10-14H2,1H3/t19-/m0/s1. The second-order valence-electron chi connectivity index (χ2n) is 7.58. The molecule has 2 aliphatic rings. The fourth-order valence-corrected chi connectivity index (χ4v) is 4.39. The van der Waals surface area contributed by atoms with Crippen LogP contribution < -0.4 is 0 Å². The number of fused-ring (bicyclic) bond motifs is 3. The Hall–Kier alpha value is -2.34. The smallest absolute Gasteiger partial charge is 0.328 e. The topological polar surface area (TPSA) is 65.6 Å². The molecule has 1 atom stereocenters. The number of benzene rings is 1. The summed E-state index contributed by atoms with van der Waals surface area (Å²) in [6.07, 6.45) is 5.24. The van der Waals surface area contributed by atoms with Gasteiger partial charge >= 0.3 is 5.97 Å². The highest BCUT2D eigenvalue weighted by atomic mass is 16.5. The van der Waals surface area contributed by atoms with E-state index in [1.165, 1.54) is 20.0 Å². The van der Waals surface area contributed by atoms with E-state index < -0.39 is 6.04 Å². The van der Waals surface area contributed by atoms with E-state index in [2.05, 4.69) is 16.0 Å². The fraction of sp³-hybridized carbons (Fsp3) is 0.524. The number of aromatic nitrogens is 1. The zero-order chi connectivity index (χ0) is 18.8. The molecule has 0 radical (unpaired) electrons. The van der Waals surface area contributed by atoms with Gasteiger partial charge in [0.1, 0.15) is 6.04 Å². The van der Waals surface area contributed by atoms with E-state index in [1.807, 2.05) is 18.2 Å². The summed E-state index contributed by atoms with van der Waals surface area (Å²) in [6.45, 7) is 2.72. The van der Waals surface area contributed by atoms with E-state index in [9.17, 15) is 9.59 Å². The molecular formula is C21H27N3O3. The number of hydrogen-bond acceptors (Lipinski definition) is 4. The minimum absolute atomic E-state index is 0.0107. The monoisotopic (exact) mass is 369 g/mol. The molecule has 0 saturated carbocycles. The summed E-state index contributed by atoms with van der Waals surface area (Å²) in [5, 5.41) is 1.13. The molecule has 1 fully saturated rings. The van der Waals surface area contributed by atoms with Gasteiger partial charge in [0.2, 0.25) is 5.91 Å². The van der Waals surface area contributed by atoms with Crippen molar-refractivity contribution < 1.29 is 14.3 Å². The van der Waals surface area contributed by atoms with Gasteiger partial charge < -0.3 is 14.6 Å². The number of nitrogens with one attached hydrogen (secondary N) is 1. The Morgan fingerprint density at radius 2 is 1.89 bits per heavy atom. The van der Waals surface area contributed by atoms with Crippen LogP contribution in [-0.4, -0.2) is 59.4 Å². The summed E-state index contributed by atoms with van der Waals surface area (Å²) in [4.78, 5) is 32.9. The molecule has 0 bridgehead atoms. The molecule has 0 spiro atoms. The molecule has 6 heteroatoms. The number of rotatable bonds is 3. The zero-order valence-corrected chi connectivity index (χ0v) is 15.9. The van der Waals surface area contributed by atoms with Crippen molar-refractivity contribution in [1.82, 2.24) is 14.8 Å². The minimum Gasteiger partial charge on any atom is -0.467 e. The van der Waals surface area contributed by atoms with E-state index >= 15 is 0 Å². The van der Waals surface area contributed by atoms with E-state index in [0.717, 1.165) is 48.1 Å². The molecule has 0 aliphatic carbocycles. The number of nitrogens with zero attached hydrogens (tertiary/aromatic N) is 2. The van der Waals surface area contributed by atoms with Crippen molar-refractivity contribution in [1.29, 1.82) is 0 Å². The molecule has 2 aliphatic heterocycles. The van der Waals surface area contributed by atoms with E-state index in [1.54, 1.807) is 4.90 Å². The average Bonchev–Trinajstić information content (AvgIpc) is 2.85. The third-order valence-corrected chi connectivity index (χ3v) is 5.86. The van der Waals surface area contributed by atoms with Gasteiger partial charge in [0, 0.05) is 23.0 Å². The fourth-order valence-electron chi connectivity index (χ4n) is 4.39. The van der Waals surface area contributed by atoms with Crippen LogP contribution in [0.2, 0.25) is 0 Å². The van der Waals surface area contributed by atoms with Crippen LogP contribution in [0.4, 0.5) is 0 Å². The predicted octanol–water partition coefficient (Wildman–Crippen LogP) is 2.47. The van der Waals surface area contributed by atoms with Gasteiger partial charge in [-0.25, -0.2) is 4.79 Å². The van der Waals surface area contributed by atoms with Gasteiger partial charge in [-0.2, -0.15) is 0 Å². The number of aromatic amines is 1. The largest absolute Gasteiger partial charge is 0.467 e. The highest BCUT2D eigenvalue weighted by Gasteiger charge is 2.37. The molecule has 2 aromatic rings. The van der Waals surface area contributed by atoms with Crippen LogP contribution in [0, 0.1) is 0 Å². The normalized spacial score (nSPS) is 20.9. The van der Waals surface area contributed by atoms with Crippen molar-refractivity contribution in [3.05, 3.63) is 35.5 Å². The van der Waals surface area contributed by atoms with Crippen molar-refractivity contribution in [2.24, 2.45) is 0 Å². The number of carbonyl (C=O) groups excluding carboxylic acids is 2. The first-order chi connectivity index (χ1) is 13.2. The number of likely N-dealkylation sites (tertiary alicyclic amines) is 1. The number of amides is 1. The molecule has 1 aromatic heterocycles. The number of methoxy groups -OCH3 is 1. The molecule has 6 nitrogen and oxygen atoms in total. The third kappa shape index (κ3) is 3.58. The summed E-state index contributed by atoms with van der Waals surface area (Å²) in [6, 6.07) is 7.53. The molecule has 3 heterocycles. The molecule has 1 saturated heterocycles. The van der Waals surface area contributed by atoms with E-state index in [0.29, 0.717) is 19.5 Å². The maximum atomic E-state index is 13.1. The Bertz CT molecular complexity index is 836. The zero-order valence-electron chi connectivity index (χ0n) is 15.9. The van der Waals surface area contributed by atoms with E-state index in [4.69, 9.17) is 4.74 Å². The maximum Gasteiger partial charge on any atom is 0.328 e. The number of hydrogen-bond donors (Lipinski definition) is 1. The molecule has 0 unspecified atom stereocenters. The average molecular weight is 369 g/mol. The lowest BCUT2D eigenvalue weighted by atomic mass is 9.96. The lowest BCUT2D eigenvalue weighted by Gasteiger charge is -2.35. The van der Waals surface area contributed by atoms with Crippen LogP contribution in [-0.2, 0) is 27.3 Å². The summed E-state index contributed by atoms with van der Waals surface area (Å²) in [5.74, 6) is -0.327. The number of carbonyl (C=O) groups is 2. The molecule has 1 N–H and O–H groups in total. The summed E-state index contributed by atoms with van der Waals surface area (Å²) < 4.78 is 5.03. The summed E-state index contributed by atoms with van der Waals surface area (Å²) in [5.41, 5.74) is 3.20. The van der Waals surface area contributed by atoms with Crippen molar-refractivity contribution in [3.63, 3.8) is 0 Å². The second-order valence-corrected chi connectivity index (χ2v) is 7.58. The lowest BCUT2D eigenvalue weighted by molar-refractivity contribution is -0.154. The summed E-state index contributed by atoms with van der Waals surface area (Å²) >= 11 is 0. The predicted molar refractivity (Wildman–Crippen MR) is 103 cm³/mol. The van der Waals surface area contributed by atoms with Gasteiger partial charge in [-0.05, 0) is 37.6 Å². The quantitative estimate of drug-likeness (QED) is 0.844. The highest BCUT2D eigenvalue weighted by molar-refractivity contribution is 5.90. The Labute approximate surface area is 159 Å². The minimum atomic E-state index is -0.554. The van der Waals surface area contributed by atoms with Crippen molar-refractivity contribution in [2.45, 2.75) is 44.7 Å². The van der Waals surface area contributed by atoms with Gasteiger partial charge in [-0.3, -0.25) is 9.69 Å². The molecule has 1 amide bonds. The van der Waals surface area contributed by atoms with Gasteiger partial charge in [0.25, 0.3) is 0 Å². The Balaban J connectivity index is 1.59. The van der Waals surface area contributed by atoms with Gasteiger partial charge in [-0.15, -0.1) is 0 Å². The molecular weight excluding hydrogens is 342 g/mol. The highest BCUT2D eigenvalue weighted by Crippen LogP contribution is 2.30. The van der Waals surface area contributed by atoms with Gasteiger partial charge in [-0.1, -0.05) is 31.0 Å². The Morgan fingerprint density at radius 3 is 2.63 bits per heavy atom. The van der Waals surface area contributed by atoms with Crippen LogP contribution in [0.15, 0.2) is 24.3 Å².